The van der Waals surface area contributed by atoms with Gasteiger partial charge in [0.05, 0.1) is 78.2 Å². The van der Waals surface area contributed by atoms with Gasteiger partial charge in [0.1, 0.15) is 0 Å². The molecule has 0 rings (SSSR count). The Morgan fingerprint density at radius 1 is 0.142 bits per heavy atom. The molecule has 0 aromatic heterocycles. The average Bonchev–Trinajstić information content (AvgIpc) is 0.957. The van der Waals surface area contributed by atoms with Gasteiger partial charge in [-0.15, -0.1) is 0 Å². The van der Waals surface area contributed by atoms with Gasteiger partial charge in [-0.2, -0.15) is 0 Å². The Hall–Kier alpha value is -1.24. The lowest BCUT2D eigenvalue weighted by molar-refractivity contribution is -0.146. The molecule has 0 aromatic carbocycles. The Morgan fingerprint density at radius 3 is 0.351 bits per heavy atom. The molecule has 0 unspecified atom stereocenters. The lowest BCUT2D eigenvalue weighted by Gasteiger charge is -2.23. The molecule has 0 aliphatic carbocycles. The molecule has 0 saturated heterocycles. The van der Waals surface area contributed by atoms with Crippen LogP contribution in [0.4, 0.5) is 0 Å². The molecule has 794 valence electrons. The van der Waals surface area contributed by atoms with Crippen molar-refractivity contribution in [2.45, 2.75) is 530 Å². The molecule has 0 heterocycles. The van der Waals surface area contributed by atoms with E-state index in [9.17, 15) is 28.8 Å². The van der Waals surface area contributed by atoms with E-state index in [1.807, 2.05) is 64.8 Å². The van der Waals surface area contributed by atoms with Crippen molar-refractivity contribution in [3.63, 3.8) is 0 Å². The largest absolute Gasteiger partial charge is 0.466 e. The lowest BCUT2D eigenvalue weighted by Crippen LogP contribution is -2.32. The number of unbranched alkanes of at least 4 members (excludes halogenated alkanes) is 64. The number of ether oxygens (including phenoxy) is 6. The minimum Gasteiger partial charge on any atom is -0.466 e. The molecule has 0 bridgehead atoms. The summed E-state index contributed by atoms with van der Waals surface area (Å²) >= 11 is 0. The van der Waals surface area contributed by atoms with Crippen molar-refractivity contribution in [3.8, 4) is 0 Å². The van der Waals surface area contributed by atoms with E-state index >= 15 is 0 Å². The first-order chi connectivity index (χ1) is 66.0. The lowest BCUT2D eigenvalue weighted by atomic mass is 10.1. The second-order valence-electron chi connectivity index (χ2n) is 38.7. The number of esters is 6. The zero-order valence-corrected chi connectivity index (χ0v) is 93.7. The van der Waals surface area contributed by atoms with Gasteiger partial charge in [0, 0.05) is 113 Å². The van der Waals surface area contributed by atoms with Crippen LogP contribution in [0, 0.1) is 0 Å². The van der Waals surface area contributed by atoms with Crippen LogP contribution in [0.15, 0.2) is 0 Å². The predicted molar refractivity (Wildman–Crippen MR) is 591 cm³/mol. The fourth-order valence-electron chi connectivity index (χ4n) is 17.0. The monoisotopic (exact) mass is 2000 g/mol. The molecule has 134 heavy (non-hydrogen) atoms. The molecule has 0 radical (unpaired) electrons. The van der Waals surface area contributed by atoms with Gasteiger partial charge in [-0.1, -0.05) is 517 Å². The van der Waals surface area contributed by atoms with Gasteiger partial charge in [0.25, 0.3) is 0 Å². The highest BCUT2D eigenvalue weighted by Gasteiger charge is 2.19. The van der Waals surface area contributed by atoms with Crippen LogP contribution in [0.25, 0.3) is 0 Å². The first-order valence-electron chi connectivity index (χ1n) is 57.6. The van der Waals surface area contributed by atoms with Crippen LogP contribution in [0.5, 0.6) is 0 Å². The zero-order chi connectivity index (χ0) is 97.0. The number of carbonyl (C=O) groups is 6. The molecule has 0 atom stereocenters. The van der Waals surface area contributed by atoms with E-state index < -0.39 is 0 Å². The smallest absolute Gasteiger partial charge is 0.307 e. The van der Waals surface area contributed by atoms with Crippen molar-refractivity contribution < 1.29 is 57.2 Å². The van der Waals surface area contributed by atoms with E-state index in [0.717, 1.165) is 151 Å². The summed E-state index contributed by atoms with van der Waals surface area (Å²) in [7, 11) is 11.3. The summed E-state index contributed by atoms with van der Waals surface area (Å²) in [4.78, 5) is 88.7. The highest BCUT2D eigenvalue weighted by atomic mass is 33.1. The molecular formula is C112H218N4O12S6. The summed E-state index contributed by atoms with van der Waals surface area (Å²) in [6.07, 6.45) is 90.0. The standard InChI is InChI=1S/C112H218N4O12S6/c1-7-13-19-25-31-37-43-49-55-61-67-73-97-125-109(119)79-85-114(86-80-110(120)126-98-74-68-62-56-50-44-38-32-26-20-14-8-2)90-102-130-133-105-93-116(92-104-132-129-101-89-113(83-77-107(117)123-95-71-65-59-53-47-41-35-29-23-17-11-5)84-78-108(118)124-96-72-66-60-54-48-42-36-30-24-18-12-6)94-106-134-131-103-91-115(87-81-111(121)127-99-75-69-63-57-51-45-39-33-27-21-15-9-3)88-82-112(122)128-100-76-70-64-58-52-46-40-34-28-22-16-10-4/h7-106H2,1-6H3. The van der Waals surface area contributed by atoms with Crippen LogP contribution < -0.4 is 0 Å². The van der Waals surface area contributed by atoms with E-state index in [4.69, 9.17) is 28.4 Å². The Labute approximate surface area is 853 Å². The van der Waals surface area contributed by atoms with Crippen molar-refractivity contribution in [1.82, 2.24) is 19.6 Å². The van der Waals surface area contributed by atoms with Crippen molar-refractivity contribution in [3.05, 3.63) is 0 Å². The van der Waals surface area contributed by atoms with Crippen LogP contribution in [-0.4, -0.2) is 208 Å². The maximum atomic E-state index is 13.2. The van der Waals surface area contributed by atoms with Gasteiger partial charge >= 0.3 is 35.8 Å². The van der Waals surface area contributed by atoms with Crippen LogP contribution in [-0.2, 0) is 57.2 Å². The second-order valence-corrected chi connectivity index (χ2v) is 46.9. The third-order valence-corrected chi connectivity index (χ3v) is 33.1. The summed E-state index contributed by atoms with van der Waals surface area (Å²) in [5.74, 6) is 4.49. The topological polar surface area (TPSA) is 171 Å². The molecule has 0 saturated carbocycles. The minimum atomic E-state index is -0.161. The Bertz CT molecular complexity index is 2180. The highest BCUT2D eigenvalue weighted by Crippen LogP contribution is 2.27. The molecule has 0 aromatic rings. The molecule has 0 N–H and O–H groups in total. The van der Waals surface area contributed by atoms with E-state index in [-0.39, 0.29) is 35.8 Å². The maximum Gasteiger partial charge on any atom is 0.307 e. The molecule has 22 heteroatoms. The van der Waals surface area contributed by atoms with E-state index in [0.29, 0.717) is 117 Å². The van der Waals surface area contributed by atoms with Gasteiger partial charge < -0.3 is 48.0 Å². The molecule has 0 aliphatic rings. The number of rotatable bonds is 115. The third kappa shape index (κ3) is 107. The molecule has 0 aliphatic heterocycles. The van der Waals surface area contributed by atoms with Gasteiger partial charge in [0.2, 0.25) is 0 Å². The fourth-order valence-corrected chi connectivity index (χ4v) is 23.2. The van der Waals surface area contributed by atoms with Gasteiger partial charge in [-0.25, -0.2) is 0 Å². The Balaban J connectivity index is 6.24. The van der Waals surface area contributed by atoms with Crippen LogP contribution >= 0.6 is 64.8 Å². The van der Waals surface area contributed by atoms with Crippen molar-refractivity contribution in [1.29, 1.82) is 0 Å². The summed E-state index contributed by atoms with van der Waals surface area (Å²) in [5, 5.41) is 0. The summed E-state index contributed by atoms with van der Waals surface area (Å²) < 4.78 is 34.7. The van der Waals surface area contributed by atoms with Crippen molar-refractivity contribution in [2.24, 2.45) is 0 Å². The molecule has 0 spiro atoms. The van der Waals surface area contributed by atoms with Crippen LogP contribution in [0.2, 0.25) is 0 Å². The molecular weight excluding hydrogens is 1790 g/mol. The second kappa shape index (κ2) is 114. The first kappa shape index (κ1) is 133. The Kier molecular flexibility index (Phi) is 113. The fraction of sp³-hybridized carbons (Fsp3) is 0.946. The minimum absolute atomic E-state index is 0.160. The zero-order valence-electron chi connectivity index (χ0n) is 88.8. The van der Waals surface area contributed by atoms with E-state index in [1.165, 1.54) is 372 Å². The van der Waals surface area contributed by atoms with E-state index in [1.54, 1.807) is 0 Å². The average molecular weight is 2010 g/mol. The van der Waals surface area contributed by atoms with Crippen LogP contribution in [0.1, 0.15) is 530 Å². The van der Waals surface area contributed by atoms with Crippen LogP contribution in [0.3, 0.4) is 0 Å². The molecule has 16 nitrogen and oxygen atoms in total. The number of hydrogen-bond acceptors (Lipinski definition) is 22. The van der Waals surface area contributed by atoms with Crippen molar-refractivity contribution >= 4 is 101 Å². The maximum absolute atomic E-state index is 13.2. The normalized spacial score (nSPS) is 11.7. The summed E-state index contributed by atoms with van der Waals surface area (Å²) in [5.41, 5.74) is 0. The quantitative estimate of drug-likeness (QED) is 0.0243. The first-order valence-corrected chi connectivity index (χ1v) is 65.0. The third-order valence-electron chi connectivity index (χ3n) is 26.1. The Morgan fingerprint density at radius 2 is 0.239 bits per heavy atom. The highest BCUT2D eigenvalue weighted by molar-refractivity contribution is 8.77. The summed E-state index contributed by atoms with van der Waals surface area (Å²) in [6, 6.07) is 0. The predicted octanol–water partition coefficient (Wildman–Crippen LogP) is 33.4. The van der Waals surface area contributed by atoms with E-state index in [2.05, 4.69) is 61.1 Å². The SMILES string of the molecule is CCCCCCCCCCCCCCOC(=O)CCN(CCSSCCN(CCSSCCN(CCC(=O)OCCCCCCCCCCCCC)CCC(=O)OCCCCCCCCCCCCC)CCSSCCN(CCC(=O)OCCCCCCCCCCCCCC)CCC(=O)OCCCCCCCCCCCCCC)CCC(=O)OCCCCCCCCCCCCCC. The van der Waals surface area contributed by atoms with Gasteiger partial charge in [-0.05, 0) is 38.5 Å². The summed E-state index contributed by atoms with van der Waals surface area (Å²) in [6.45, 7) is 24.9. The van der Waals surface area contributed by atoms with Crippen molar-refractivity contribution in [2.75, 3.05) is 153 Å². The number of hydrogen-bond donors (Lipinski definition) is 0. The number of carbonyl (C=O) groups excluding carboxylic acids is 6. The number of nitrogens with zero attached hydrogens (tertiary/aromatic N) is 4. The molecule has 0 fully saturated rings. The molecule has 0 amide bonds. The van der Waals surface area contributed by atoms with Gasteiger partial charge in [0.15, 0.2) is 0 Å². The van der Waals surface area contributed by atoms with Gasteiger partial charge in [-0.3, -0.25) is 28.8 Å².